The van der Waals surface area contributed by atoms with E-state index in [9.17, 15) is 9.18 Å². The number of hydrogen-bond donors (Lipinski definition) is 0. The summed E-state index contributed by atoms with van der Waals surface area (Å²) < 4.78 is 13.2. The molecule has 2 aromatic rings. The molecule has 1 atom stereocenters. The number of halogens is 1. The molecule has 1 aromatic heterocycles. The quantitative estimate of drug-likeness (QED) is 0.841. The summed E-state index contributed by atoms with van der Waals surface area (Å²) in [4.78, 5) is 21.4. The van der Waals surface area contributed by atoms with Crippen molar-refractivity contribution in [1.29, 1.82) is 0 Å². The van der Waals surface area contributed by atoms with Crippen LogP contribution in [0.25, 0.3) is 0 Å². The molecule has 1 unspecified atom stereocenters. The number of carbonyl (C=O) groups excluding carboxylic acids is 1. The molecule has 2 heterocycles. The van der Waals surface area contributed by atoms with Gasteiger partial charge in [-0.2, -0.15) is 0 Å². The summed E-state index contributed by atoms with van der Waals surface area (Å²) in [6.07, 6.45) is 2.58. The highest BCUT2D eigenvalue weighted by molar-refractivity contribution is 5.92. The fraction of sp³-hybridized carbons (Fsp3) is 0.429. The van der Waals surface area contributed by atoms with Crippen molar-refractivity contribution in [3.05, 3.63) is 65.7 Å². The van der Waals surface area contributed by atoms with Gasteiger partial charge >= 0.3 is 0 Å². The van der Waals surface area contributed by atoms with Crippen LogP contribution in [0.15, 0.2) is 48.7 Å². The molecule has 0 saturated carbocycles. The third kappa shape index (κ3) is 4.47. The Kier molecular flexibility index (Phi) is 5.99. The average molecular weight is 355 g/mol. The second-order valence-electron chi connectivity index (χ2n) is 7.23. The van der Waals surface area contributed by atoms with E-state index in [2.05, 4.69) is 23.7 Å². The van der Waals surface area contributed by atoms with E-state index in [0.717, 1.165) is 31.6 Å². The van der Waals surface area contributed by atoms with Gasteiger partial charge in [-0.1, -0.05) is 32.0 Å². The van der Waals surface area contributed by atoms with Gasteiger partial charge in [0.15, 0.2) is 0 Å². The largest absolute Gasteiger partial charge is 0.336 e. The fourth-order valence-electron chi connectivity index (χ4n) is 3.55. The van der Waals surface area contributed by atoms with Crippen LogP contribution in [0.2, 0.25) is 0 Å². The predicted octanol–water partition coefficient (Wildman–Crippen LogP) is 3.59. The zero-order valence-corrected chi connectivity index (χ0v) is 15.4. The number of carbonyl (C=O) groups is 1. The lowest BCUT2D eigenvalue weighted by Gasteiger charge is -2.34. The number of pyridine rings is 1. The Morgan fingerprint density at radius 2 is 1.96 bits per heavy atom. The van der Waals surface area contributed by atoms with Crippen molar-refractivity contribution in [2.45, 2.75) is 32.9 Å². The van der Waals surface area contributed by atoms with Gasteiger partial charge in [0, 0.05) is 38.4 Å². The van der Waals surface area contributed by atoms with Gasteiger partial charge in [-0.25, -0.2) is 4.39 Å². The highest BCUT2D eigenvalue weighted by Gasteiger charge is 2.30. The van der Waals surface area contributed by atoms with Crippen molar-refractivity contribution in [3.63, 3.8) is 0 Å². The van der Waals surface area contributed by atoms with E-state index >= 15 is 0 Å². The lowest BCUT2D eigenvalue weighted by atomic mass is 10.0. The summed E-state index contributed by atoms with van der Waals surface area (Å²) in [6, 6.07) is 12.4. The van der Waals surface area contributed by atoms with Crippen molar-refractivity contribution in [1.82, 2.24) is 14.8 Å². The molecule has 1 aliphatic heterocycles. The van der Waals surface area contributed by atoms with Gasteiger partial charge in [-0.05, 0) is 42.2 Å². The topological polar surface area (TPSA) is 36.4 Å². The minimum Gasteiger partial charge on any atom is -0.336 e. The molecule has 0 spiro atoms. The molecule has 1 saturated heterocycles. The van der Waals surface area contributed by atoms with E-state index in [0.29, 0.717) is 18.2 Å². The van der Waals surface area contributed by atoms with Gasteiger partial charge in [-0.15, -0.1) is 0 Å². The molecular weight excluding hydrogens is 329 g/mol. The number of hydrogen-bond acceptors (Lipinski definition) is 3. The second-order valence-corrected chi connectivity index (χ2v) is 7.23. The number of nitrogens with zero attached hydrogens (tertiary/aromatic N) is 3. The van der Waals surface area contributed by atoms with E-state index in [1.807, 2.05) is 29.2 Å². The lowest BCUT2D eigenvalue weighted by molar-refractivity contribution is 0.0696. The van der Waals surface area contributed by atoms with Crippen molar-refractivity contribution >= 4 is 5.91 Å². The van der Waals surface area contributed by atoms with Gasteiger partial charge in [0.2, 0.25) is 0 Å². The molecule has 1 aliphatic rings. The normalized spacial score (nSPS) is 18.8. The monoisotopic (exact) mass is 355 g/mol. The van der Waals surface area contributed by atoms with E-state index in [1.54, 1.807) is 12.3 Å². The van der Waals surface area contributed by atoms with Crippen molar-refractivity contribution in [2.24, 2.45) is 5.92 Å². The highest BCUT2D eigenvalue weighted by atomic mass is 19.1. The summed E-state index contributed by atoms with van der Waals surface area (Å²) in [7, 11) is 0. The van der Waals surface area contributed by atoms with Crippen molar-refractivity contribution < 1.29 is 9.18 Å². The van der Waals surface area contributed by atoms with Crippen LogP contribution in [0, 0.1) is 11.7 Å². The standard InChI is InChI=1S/C21H26FN3O/c1-16(2)20-15-25(21(26)19-6-3-4-11-23-19)13-5-12-24(20)14-17-7-9-18(22)10-8-17/h3-4,6-11,16,20H,5,12-15H2,1-2H3. The molecule has 1 fully saturated rings. The fourth-order valence-corrected chi connectivity index (χ4v) is 3.55. The average Bonchev–Trinajstić information content (AvgIpc) is 2.86. The number of amides is 1. The van der Waals surface area contributed by atoms with Gasteiger partial charge in [0.05, 0.1) is 0 Å². The predicted molar refractivity (Wildman–Crippen MR) is 100 cm³/mol. The minimum atomic E-state index is -0.211. The summed E-state index contributed by atoms with van der Waals surface area (Å²) >= 11 is 0. The van der Waals surface area contributed by atoms with Crippen LogP contribution >= 0.6 is 0 Å². The number of aromatic nitrogens is 1. The van der Waals surface area contributed by atoms with Crippen LogP contribution in [0.3, 0.4) is 0 Å². The molecule has 0 aliphatic carbocycles. The summed E-state index contributed by atoms with van der Waals surface area (Å²) in [5.74, 6) is 0.199. The maximum Gasteiger partial charge on any atom is 0.272 e. The van der Waals surface area contributed by atoms with E-state index in [4.69, 9.17) is 0 Å². The molecule has 1 amide bonds. The molecule has 26 heavy (non-hydrogen) atoms. The molecule has 3 rings (SSSR count). The van der Waals surface area contributed by atoms with Gasteiger partial charge < -0.3 is 4.90 Å². The highest BCUT2D eigenvalue weighted by Crippen LogP contribution is 2.21. The zero-order chi connectivity index (χ0) is 18.5. The molecule has 0 radical (unpaired) electrons. The molecular formula is C21H26FN3O. The summed E-state index contributed by atoms with van der Waals surface area (Å²) in [6.45, 7) is 7.50. The first-order chi connectivity index (χ1) is 12.5. The molecule has 5 heteroatoms. The van der Waals surface area contributed by atoms with Crippen molar-refractivity contribution in [3.8, 4) is 0 Å². The van der Waals surface area contributed by atoms with E-state index in [-0.39, 0.29) is 17.8 Å². The second kappa shape index (κ2) is 8.41. The minimum absolute atomic E-state index is 0.000109. The van der Waals surface area contributed by atoms with Crippen LogP contribution < -0.4 is 0 Å². The number of benzene rings is 1. The summed E-state index contributed by atoms with van der Waals surface area (Å²) in [5.41, 5.74) is 1.60. The maximum atomic E-state index is 13.2. The van der Waals surface area contributed by atoms with Crippen molar-refractivity contribution in [2.75, 3.05) is 19.6 Å². The third-order valence-electron chi connectivity index (χ3n) is 4.99. The third-order valence-corrected chi connectivity index (χ3v) is 4.99. The van der Waals surface area contributed by atoms with E-state index < -0.39 is 0 Å². The first-order valence-corrected chi connectivity index (χ1v) is 9.23. The maximum absolute atomic E-state index is 13.2. The smallest absolute Gasteiger partial charge is 0.272 e. The SMILES string of the molecule is CC(C)C1CN(C(=O)c2ccccn2)CCCN1Cc1ccc(F)cc1. The first kappa shape index (κ1) is 18.5. The van der Waals surface area contributed by atoms with Crippen LogP contribution in [-0.4, -0.2) is 46.4 Å². The van der Waals surface area contributed by atoms with Crippen LogP contribution in [-0.2, 0) is 6.54 Å². The molecule has 4 nitrogen and oxygen atoms in total. The van der Waals surface area contributed by atoms with Gasteiger partial charge in [0.25, 0.3) is 5.91 Å². The first-order valence-electron chi connectivity index (χ1n) is 9.23. The Bertz CT molecular complexity index is 718. The Labute approximate surface area is 154 Å². The Morgan fingerprint density at radius 3 is 2.62 bits per heavy atom. The molecule has 0 N–H and O–H groups in total. The van der Waals surface area contributed by atoms with E-state index in [1.165, 1.54) is 12.1 Å². The number of rotatable bonds is 4. The Balaban J connectivity index is 1.75. The zero-order valence-electron chi connectivity index (χ0n) is 15.4. The van der Waals surface area contributed by atoms with Gasteiger partial charge in [0.1, 0.15) is 11.5 Å². The molecule has 0 bridgehead atoms. The Hall–Kier alpha value is -2.27. The van der Waals surface area contributed by atoms with Crippen LogP contribution in [0.5, 0.6) is 0 Å². The summed E-state index contributed by atoms with van der Waals surface area (Å²) in [5, 5.41) is 0. The van der Waals surface area contributed by atoms with Crippen LogP contribution in [0.4, 0.5) is 4.39 Å². The lowest BCUT2D eigenvalue weighted by Crippen LogP contribution is -2.45. The van der Waals surface area contributed by atoms with Crippen LogP contribution in [0.1, 0.15) is 36.3 Å². The Morgan fingerprint density at radius 1 is 1.19 bits per heavy atom. The molecule has 1 aromatic carbocycles. The molecule has 138 valence electrons. The van der Waals surface area contributed by atoms with Gasteiger partial charge in [-0.3, -0.25) is 14.7 Å².